The molecule has 0 radical (unpaired) electrons. The number of rotatable bonds is 1. The zero-order chi connectivity index (χ0) is 10.8. The lowest BCUT2D eigenvalue weighted by molar-refractivity contribution is 1.17. The van der Waals surface area contributed by atoms with E-state index in [1.165, 1.54) is 0 Å². The molecule has 0 saturated carbocycles. The Balaban J connectivity index is 2.50. The molecule has 0 amide bonds. The molecule has 15 heavy (non-hydrogen) atoms. The maximum atomic E-state index is 5.94. The van der Waals surface area contributed by atoms with Crippen molar-refractivity contribution in [1.29, 1.82) is 0 Å². The maximum absolute atomic E-state index is 5.94. The highest BCUT2D eigenvalue weighted by atomic mass is 35.5. The van der Waals surface area contributed by atoms with E-state index in [9.17, 15) is 0 Å². The Morgan fingerprint density at radius 2 is 1.93 bits per heavy atom. The average Bonchev–Trinajstić information content (AvgIpc) is 2.22. The first-order valence-corrected chi connectivity index (χ1v) is 5.17. The van der Waals surface area contributed by atoms with Crippen LogP contribution in [0.2, 0.25) is 10.3 Å². The molecule has 0 aliphatic carbocycles. The number of halogens is 2. The highest BCUT2D eigenvalue weighted by molar-refractivity contribution is 6.31. The topological polar surface area (TPSA) is 25.8 Å². The second-order valence-electron chi connectivity index (χ2n) is 3.17. The Labute approximate surface area is 97.9 Å². The monoisotopic (exact) mass is 238 g/mol. The van der Waals surface area contributed by atoms with Crippen molar-refractivity contribution < 1.29 is 0 Å². The summed E-state index contributed by atoms with van der Waals surface area (Å²) in [5.74, 6) is 0. The second kappa shape index (κ2) is 4.17. The summed E-state index contributed by atoms with van der Waals surface area (Å²) in [6.45, 7) is 1.95. The van der Waals surface area contributed by atoms with Crippen LogP contribution in [0, 0.1) is 6.92 Å². The zero-order valence-electron chi connectivity index (χ0n) is 8.04. The van der Waals surface area contributed by atoms with E-state index in [1.54, 1.807) is 6.20 Å². The Morgan fingerprint density at radius 1 is 1.13 bits per heavy atom. The van der Waals surface area contributed by atoms with Gasteiger partial charge in [0.15, 0.2) is 0 Å². The predicted octanol–water partition coefficient (Wildman–Crippen LogP) is 3.76. The molecular formula is C11H8Cl2N2. The molecule has 0 bridgehead atoms. The molecule has 1 aromatic heterocycles. The molecule has 76 valence electrons. The maximum Gasteiger partial charge on any atom is 0.222 e. The molecule has 2 nitrogen and oxygen atoms in total. The van der Waals surface area contributed by atoms with Gasteiger partial charge in [-0.25, -0.2) is 9.97 Å². The molecule has 1 aromatic carbocycles. The van der Waals surface area contributed by atoms with E-state index < -0.39 is 0 Å². The summed E-state index contributed by atoms with van der Waals surface area (Å²) in [4.78, 5) is 7.96. The molecule has 1 heterocycles. The molecule has 0 atom stereocenters. The first kappa shape index (κ1) is 10.4. The van der Waals surface area contributed by atoms with E-state index in [0.29, 0.717) is 0 Å². The van der Waals surface area contributed by atoms with Crippen LogP contribution in [-0.2, 0) is 0 Å². The number of aromatic nitrogens is 2. The third kappa shape index (κ3) is 2.28. The third-order valence-electron chi connectivity index (χ3n) is 2.08. The quantitative estimate of drug-likeness (QED) is 0.708. The van der Waals surface area contributed by atoms with Crippen LogP contribution in [0.15, 0.2) is 30.5 Å². The largest absolute Gasteiger partial charge is 0.226 e. The van der Waals surface area contributed by atoms with Crippen molar-refractivity contribution >= 4 is 23.2 Å². The molecule has 0 fully saturated rings. The van der Waals surface area contributed by atoms with Crippen LogP contribution in [0.5, 0.6) is 0 Å². The summed E-state index contributed by atoms with van der Waals surface area (Å²) in [5.41, 5.74) is 2.81. The lowest BCUT2D eigenvalue weighted by Crippen LogP contribution is -1.87. The SMILES string of the molecule is Cc1cc(-c2ccnc(Cl)n2)ccc1Cl. The minimum Gasteiger partial charge on any atom is -0.226 e. The van der Waals surface area contributed by atoms with E-state index in [-0.39, 0.29) is 5.28 Å². The van der Waals surface area contributed by atoms with Gasteiger partial charge >= 0.3 is 0 Å². The Morgan fingerprint density at radius 3 is 2.60 bits per heavy atom. The number of hydrogen-bond donors (Lipinski definition) is 0. The number of nitrogens with zero attached hydrogens (tertiary/aromatic N) is 2. The summed E-state index contributed by atoms with van der Waals surface area (Å²) in [6.07, 6.45) is 1.63. The predicted molar refractivity (Wildman–Crippen MR) is 62.2 cm³/mol. The van der Waals surface area contributed by atoms with Crippen LogP contribution in [0.3, 0.4) is 0 Å². The summed E-state index contributed by atoms with van der Waals surface area (Å²) in [6, 6.07) is 7.55. The smallest absolute Gasteiger partial charge is 0.222 e. The fraction of sp³-hybridized carbons (Fsp3) is 0.0909. The second-order valence-corrected chi connectivity index (χ2v) is 3.92. The van der Waals surface area contributed by atoms with Crippen molar-refractivity contribution in [2.24, 2.45) is 0 Å². The lowest BCUT2D eigenvalue weighted by Gasteiger charge is -2.03. The van der Waals surface area contributed by atoms with Gasteiger partial charge in [-0.05, 0) is 42.3 Å². The standard InChI is InChI=1S/C11H8Cl2N2/c1-7-6-8(2-3-9(7)12)10-4-5-14-11(13)15-10/h2-6H,1H3. The molecule has 0 unspecified atom stereocenters. The molecular weight excluding hydrogens is 231 g/mol. The van der Waals surface area contributed by atoms with Crippen molar-refractivity contribution in [3.05, 3.63) is 46.3 Å². The molecule has 4 heteroatoms. The molecule has 0 aliphatic heterocycles. The van der Waals surface area contributed by atoms with Gasteiger partial charge in [0, 0.05) is 16.8 Å². The van der Waals surface area contributed by atoms with Gasteiger partial charge in [0.05, 0.1) is 5.69 Å². The van der Waals surface area contributed by atoms with E-state index in [2.05, 4.69) is 9.97 Å². The van der Waals surface area contributed by atoms with Crippen LogP contribution in [-0.4, -0.2) is 9.97 Å². The Bertz CT molecular complexity index is 498. The van der Waals surface area contributed by atoms with Gasteiger partial charge in [-0.1, -0.05) is 17.7 Å². The minimum atomic E-state index is 0.250. The van der Waals surface area contributed by atoms with Crippen molar-refractivity contribution in [3.63, 3.8) is 0 Å². The van der Waals surface area contributed by atoms with E-state index >= 15 is 0 Å². The highest BCUT2D eigenvalue weighted by Crippen LogP contribution is 2.23. The van der Waals surface area contributed by atoms with E-state index in [1.807, 2.05) is 31.2 Å². The molecule has 0 spiro atoms. The number of benzene rings is 1. The van der Waals surface area contributed by atoms with Gasteiger partial charge in [0.25, 0.3) is 0 Å². The van der Waals surface area contributed by atoms with Crippen molar-refractivity contribution in [2.45, 2.75) is 6.92 Å². The van der Waals surface area contributed by atoms with Gasteiger partial charge in [0.1, 0.15) is 0 Å². The van der Waals surface area contributed by atoms with Crippen LogP contribution < -0.4 is 0 Å². The van der Waals surface area contributed by atoms with Crippen LogP contribution in [0.1, 0.15) is 5.56 Å². The van der Waals surface area contributed by atoms with Crippen molar-refractivity contribution in [2.75, 3.05) is 0 Å². The number of hydrogen-bond acceptors (Lipinski definition) is 2. The average molecular weight is 239 g/mol. The van der Waals surface area contributed by atoms with Gasteiger partial charge in [-0.15, -0.1) is 0 Å². The van der Waals surface area contributed by atoms with Gasteiger partial charge in [-0.2, -0.15) is 0 Å². The van der Waals surface area contributed by atoms with Crippen LogP contribution >= 0.6 is 23.2 Å². The van der Waals surface area contributed by atoms with E-state index in [0.717, 1.165) is 21.8 Å². The Kier molecular flexibility index (Phi) is 2.89. The fourth-order valence-electron chi connectivity index (χ4n) is 1.30. The normalized spacial score (nSPS) is 10.3. The first-order chi connectivity index (χ1) is 7.16. The van der Waals surface area contributed by atoms with Crippen molar-refractivity contribution in [1.82, 2.24) is 9.97 Å². The molecule has 0 N–H and O–H groups in total. The highest BCUT2D eigenvalue weighted by Gasteiger charge is 2.02. The zero-order valence-corrected chi connectivity index (χ0v) is 9.55. The van der Waals surface area contributed by atoms with E-state index in [4.69, 9.17) is 23.2 Å². The number of aryl methyl sites for hydroxylation is 1. The third-order valence-corrected chi connectivity index (χ3v) is 2.69. The van der Waals surface area contributed by atoms with Gasteiger partial charge in [0.2, 0.25) is 5.28 Å². The van der Waals surface area contributed by atoms with Gasteiger partial charge < -0.3 is 0 Å². The summed E-state index contributed by atoms with van der Waals surface area (Å²) >= 11 is 11.7. The Hall–Kier alpha value is -1.12. The minimum absolute atomic E-state index is 0.250. The summed E-state index contributed by atoms with van der Waals surface area (Å²) < 4.78 is 0. The van der Waals surface area contributed by atoms with Crippen LogP contribution in [0.4, 0.5) is 0 Å². The van der Waals surface area contributed by atoms with Crippen LogP contribution in [0.25, 0.3) is 11.3 Å². The molecule has 0 saturated heterocycles. The lowest BCUT2D eigenvalue weighted by atomic mass is 10.1. The molecule has 2 rings (SSSR count). The summed E-state index contributed by atoms with van der Waals surface area (Å²) in [7, 11) is 0. The van der Waals surface area contributed by atoms with Gasteiger partial charge in [-0.3, -0.25) is 0 Å². The molecule has 2 aromatic rings. The fourth-order valence-corrected chi connectivity index (χ4v) is 1.56. The summed E-state index contributed by atoms with van der Waals surface area (Å²) in [5, 5.41) is 0.999. The van der Waals surface area contributed by atoms with Crippen molar-refractivity contribution in [3.8, 4) is 11.3 Å². The molecule has 0 aliphatic rings. The first-order valence-electron chi connectivity index (χ1n) is 4.42.